The number of ether oxygens (including phenoxy) is 1. The van der Waals surface area contributed by atoms with Gasteiger partial charge >= 0.3 is 6.18 Å². The fourth-order valence-corrected chi connectivity index (χ4v) is 6.31. The molecule has 1 aromatic carbocycles. The number of aromatic nitrogens is 3. The van der Waals surface area contributed by atoms with Crippen molar-refractivity contribution < 1.29 is 31.1 Å². The minimum atomic E-state index is -4.29. The van der Waals surface area contributed by atoms with Crippen LogP contribution in [0.3, 0.4) is 0 Å². The summed E-state index contributed by atoms with van der Waals surface area (Å²) in [4.78, 5) is 20.0. The van der Waals surface area contributed by atoms with Crippen LogP contribution >= 0.6 is 0 Å². The Balaban J connectivity index is 1.40. The van der Waals surface area contributed by atoms with Crippen LogP contribution in [0.25, 0.3) is 5.82 Å². The fraction of sp³-hybridized carbons (Fsp3) is 0.464. The molecule has 1 atom stereocenters. The number of nitrogens with zero attached hydrogens (tertiary/aromatic N) is 4. The molecule has 13 heteroatoms. The van der Waals surface area contributed by atoms with E-state index in [-0.39, 0.29) is 35.4 Å². The minimum Gasteiger partial charge on any atom is -0.374 e. The molecular formula is C28H32F3N5O4S. The molecule has 0 unspecified atom stereocenters. The molecule has 2 fully saturated rings. The number of sulfonamides is 1. The van der Waals surface area contributed by atoms with Crippen molar-refractivity contribution in [1.82, 2.24) is 19.5 Å². The number of carbonyl (C=O) groups excluding carboxylic acids is 1. The number of anilines is 1. The maximum Gasteiger partial charge on any atom is 0.396 e. The van der Waals surface area contributed by atoms with Crippen molar-refractivity contribution in [2.75, 3.05) is 18.1 Å². The Morgan fingerprint density at radius 3 is 2.44 bits per heavy atom. The first-order valence-electron chi connectivity index (χ1n) is 13.3. The summed E-state index contributed by atoms with van der Waals surface area (Å²) in [5, 5.41) is 4.41. The molecule has 0 bridgehead atoms. The first-order chi connectivity index (χ1) is 19.2. The lowest BCUT2D eigenvalue weighted by Gasteiger charge is -2.34. The van der Waals surface area contributed by atoms with E-state index in [1.54, 1.807) is 36.5 Å². The van der Waals surface area contributed by atoms with Crippen LogP contribution < -0.4 is 9.62 Å². The number of halogens is 3. The summed E-state index contributed by atoms with van der Waals surface area (Å²) in [5.74, 6) is 0.163. The quantitative estimate of drug-likeness (QED) is 0.379. The van der Waals surface area contributed by atoms with Crippen molar-refractivity contribution in [1.29, 1.82) is 0 Å². The van der Waals surface area contributed by atoms with E-state index in [2.05, 4.69) is 16.7 Å². The number of alkyl halides is 3. The monoisotopic (exact) mass is 591 g/mol. The van der Waals surface area contributed by atoms with Gasteiger partial charge in [-0.25, -0.2) is 22.8 Å². The topological polar surface area (TPSA) is 106 Å². The van der Waals surface area contributed by atoms with Gasteiger partial charge in [-0.05, 0) is 69.4 Å². The Morgan fingerprint density at radius 2 is 1.83 bits per heavy atom. The molecule has 0 radical (unpaired) electrons. The van der Waals surface area contributed by atoms with Crippen LogP contribution in [0.1, 0.15) is 56.1 Å². The second-order valence-electron chi connectivity index (χ2n) is 11.5. The zero-order valence-electron chi connectivity index (χ0n) is 23.0. The lowest BCUT2D eigenvalue weighted by molar-refractivity contribution is -0.202. The second kappa shape index (κ2) is 10.4. The Morgan fingerprint density at radius 1 is 1.12 bits per heavy atom. The van der Waals surface area contributed by atoms with Gasteiger partial charge in [0.15, 0.2) is 5.82 Å². The van der Waals surface area contributed by atoms with Gasteiger partial charge < -0.3 is 9.64 Å². The lowest BCUT2D eigenvalue weighted by atomic mass is 9.97. The summed E-state index contributed by atoms with van der Waals surface area (Å²) < 4.78 is 74.3. The maximum absolute atomic E-state index is 13.4. The average Bonchev–Trinajstić information content (AvgIpc) is 3.47. The number of carbonyl (C=O) groups is 1. The molecule has 9 nitrogen and oxygen atoms in total. The third-order valence-corrected chi connectivity index (χ3v) is 9.02. The molecule has 1 N–H and O–H groups in total. The average molecular weight is 592 g/mol. The van der Waals surface area contributed by atoms with Gasteiger partial charge in [-0.2, -0.15) is 18.3 Å². The van der Waals surface area contributed by atoms with Crippen LogP contribution in [0.4, 0.5) is 19.0 Å². The Hall–Kier alpha value is -3.45. The van der Waals surface area contributed by atoms with Gasteiger partial charge in [-0.15, -0.1) is 0 Å². The first kappa shape index (κ1) is 29.1. The highest BCUT2D eigenvalue weighted by Crippen LogP contribution is 2.57. The van der Waals surface area contributed by atoms with Crippen molar-refractivity contribution in [3.8, 4) is 5.82 Å². The second-order valence-corrected chi connectivity index (χ2v) is 13.2. The largest absolute Gasteiger partial charge is 0.396 e. The van der Waals surface area contributed by atoms with Crippen molar-refractivity contribution in [3.63, 3.8) is 0 Å². The molecule has 2 aromatic heterocycles. The highest BCUT2D eigenvalue weighted by atomic mass is 32.2. The molecular weight excluding hydrogens is 559 g/mol. The molecule has 3 aromatic rings. The van der Waals surface area contributed by atoms with Gasteiger partial charge in [0.05, 0.1) is 34.8 Å². The lowest BCUT2D eigenvalue weighted by Crippen LogP contribution is -2.41. The molecule has 41 heavy (non-hydrogen) atoms. The highest BCUT2D eigenvalue weighted by Gasteiger charge is 2.63. The zero-order valence-corrected chi connectivity index (χ0v) is 23.8. The first-order valence-corrected chi connectivity index (χ1v) is 14.8. The van der Waals surface area contributed by atoms with E-state index in [9.17, 15) is 26.4 Å². The predicted octanol–water partition coefficient (Wildman–Crippen LogP) is 4.87. The van der Waals surface area contributed by atoms with E-state index < -0.39 is 34.1 Å². The van der Waals surface area contributed by atoms with E-state index in [4.69, 9.17) is 9.72 Å². The predicted molar refractivity (Wildman–Crippen MR) is 145 cm³/mol. The van der Waals surface area contributed by atoms with E-state index in [0.29, 0.717) is 29.8 Å². The van der Waals surface area contributed by atoms with E-state index in [1.165, 1.54) is 22.9 Å². The van der Waals surface area contributed by atoms with Gasteiger partial charge in [0.2, 0.25) is 0 Å². The van der Waals surface area contributed by atoms with Crippen molar-refractivity contribution in [3.05, 3.63) is 66.0 Å². The van der Waals surface area contributed by atoms with E-state index in [0.717, 1.165) is 6.42 Å². The minimum absolute atomic E-state index is 0.0382. The van der Waals surface area contributed by atoms with Crippen molar-refractivity contribution in [2.45, 2.75) is 63.3 Å². The third kappa shape index (κ3) is 5.96. The van der Waals surface area contributed by atoms with Gasteiger partial charge in [0.1, 0.15) is 5.82 Å². The Bertz CT molecular complexity index is 1540. The number of nitrogens with one attached hydrogen (secondary N) is 1. The molecule has 1 amide bonds. The van der Waals surface area contributed by atoms with Crippen LogP contribution in [-0.4, -0.2) is 54.0 Å². The van der Waals surface area contributed by atoms with Crippen LogP contribution in [0, 0.1) is 11.3 Å². The summed E-state index contributed by atoms with van der Waals surface area (Å²) in [6.45, 7) is 6.26. The van der Waals surface area contributed by atoms with Gasteiger partial charge in [-0.1, -0.05) is 25.1 Å². The van der Waals surface area contributed by atoms with Gasteiger partial charge in [-0.3, -0.25) is 4.79 Å². The third-order valence-electron chi connectivity index (χ3n) is 7.68. The van der Waals surface area contributed by atoms with Crippen LogP contribution in [0.5, 0.6) is 0 Å². The summed E-state index contributed by atoms with van der Waals surface area (Å²) >= 11 is 0. The molecule has 220 valence electrons. The van der Waals surface area contributed by atoms with E-state index >= 15 is 0 Å². The number of rotatable bonds is 9. The summed E-state index contributed by atoms with van der Waals surface area (Å²) in [6.07, 6.45) is -1.71. The number of pyridine rings is 1. The molecule has 5 rings (SSSR count). The molecule has 1 saturated carbocycles. The molecule has 3 heterocycles. The van der Waals surface area contributed by atoms with E-state index in [1.807, 2.05) is 18.7 Å². The van der Waals surface area contributed by atoms with Crippen LogP contribution in [-0.2, 0) is 21.4 Å². The summed E-state index contributed by atoms with van der Waals surface area (Å²) in [5.41, 5.74) is -1.60. The number of benzene rings is 1. The smallest absolute Gasteiger partial charge is 0.374 e. The fourth-order valence-electron chi connectivity index (χ4n) is 5.32. The molecule has 2 aliphatic rings. The molecule has 1 aliphatic carbocycles. The van der Waals surface area contributed by atoms with Crippen LogP contribution in [0.2, 0.25) is 0 Å². The van der Waals surface area contributed by atoms with Gasteiger partial charge in [0, 0.05) is 18.3 Å². The van der Waals surface area contributed by atoms with Gasteiger partial charge in [0.25, 0.3) is 15.9 Å². The summed E-state index contributed by atoms with van der Waals surface area (Å²) in [7, 11) is -4.12. The molecule has 1 aliphatic heterocycles. The normalized spacial score (nSPS) is 19.8. The number of hydrogen-bond donors (Lipinski definition) is 1. The number of amides is 1. The SMILES string of the molecule is C[C@@H]1CN(c2nc(-n3ccc(COCC4(C(F)(F)F)CC4)n3)ccc2C(=O)NS(=O)(=O)c2ccccc2)C(C)(C)C1. The Kier molecular flexibility index (Phi) is 7.39. The van der Waals surface area contributed by atoms with Crippen LogP contribution in [0.15, 0.2) is 59.6 Å². The maximum atomic E-state index is 13.4. The molecule has 0 spiro atoms. The molecule has 1 saturated heterocycles. The summed E-state index contributed by atoms with van der Waals surface area (Å²) in [6, 6.07) is 12.3. The zero-order chi connectivity index (χ0) is 29.6. The highest BCUT2D eigenvalue weighted by molar-refractivity contribution is 7.90. The van der Waals surface area contributed by atoms with Crippen molar-refractivity contribution in [2.24, 2.45) is 11.3 Å². The van der Waals surface area contributed by atoms with Crippen molar-refractivity contribution >= 4 is 21.7 Å². The number of hydrogen-bond acceptors (Lipinski definition) is 7. The Labute approximate surface area is 236 Å². The standard InChI is InChI=1S/C28H32F3N5O4S/c1-19-15-26(2,3)35(16-19)24-22(25(37)34-41(38,39)21-7-5-4-6-8-21)9-10-23(32-24)36-14-11-20(33-36)17-40-18-27(12-13-27)28(29,30)31/h4-11,14,19H,12-13,15-18H2,1-3H3,(H,34,37)/t19-/m0/s1.